The van der Waals surface area contributed by atoms with Gasteiger partial charge in [0.15, 0.2) is 6.10 Å². The molecule has 0 radical (unpaired) electrons. The highest BCUT2D eigenvalue weighted by atomic mass is 32.2. The molecule has 0 saturated carbocycles. The van der Waals surface area contributed by atoms with E-state index in [-0.39, 0.29) is 10.6 Å². The highest BCUT2D eigenvalue weighted by Gasteiger charge is 2.18. The number of rotatable bonds is 0. The van der Waals surface area contributed by atoms with Crippen LogP contribution in [0.3, 0.4) is 0 Å². The van der Waals surface area contributed by atoms with E-state index in [9.17, 15) is 8.42 Å². The lowest BCUT2D eigenvalue weighted by molar-refractivity contribution is 0.209. The Morgan fingerprint density at radius 2 is 2.09 bits per heavy atom. The smallest absolute Gasteiger partial charge is 0.220 e. The summed E-state index contributed by atoms with van der Waals surface area (Å²) in [6, 6.07) is 0. The van der Waals surface area contributed by atoms with Crippen molar-refractivity contribution in [3.8, 4) is 0 Å². The van der Waals surface area contributed by atoms with E-state index in [1.54, 1.807) is 0 Å². The fourth-order valence-corrected chi connectivity index (χ4v) is 1.21. The van der Waals surface area contributed by atoms with Crippen LogP contribution in [0.25, 0.3) is 0 Å². The first-order chi connectivity index (χ1) is 5.13. The van der Waals surface area contributed by atoms with Gasteiger partial charge in [-0.15, -0.1) is 0 Å². The van der Waals surface area contributed by atoms with Gasteiger partial charge in [-0.2, -0.15) is 8.42 Å². The van der Waals surface area contributed by atoms with Gasteiger partial charge >= 0.3 is 0 Å². The van der Waals surface area contributed by atoms with Gasteiger partial charge in [0.05, 0.1) is 0 Å². The maximum atomic E-state index is 10.3. The third-order valence-electron chi connectivity index (χ3n) is 1.27. The molecule has 60 valence electrons. The lowest BCUT2D eigenvalue weighted by Gasteiger charge is -2.09. The fourth-order valence-electron chi connectivity index (χ4n) is 0.716. The van der Waals surface area contributed by atoms with E-state index in [4.69, 9.17) is 10.2 Å². The van der Waals surface area contributed by atoms with E-state index in [2.05, 4.69) is 0 Å². The molecule has 0 fully saturated rings. The van der Waals surface area contributed by atoms with Gasteiger partial charge in [0.25, 0.3) is 0 Å². The number of aliphatic hydroxyl groups excluding tert-OH is 2. The molecule has 1 rings (SSSR count). The van der Waals surface area contributed by atoms with Gasteiger partial charge in [0.2, 0.25) is 10.3 Å². The van der Waals surface area contributed by atoms with Gasteiger partial charge in [-0.25, -0.2) is 0 Å². The van der Waals surface area contributed by atoms with Gasteiger partial charge in [-0.3, -0.25) is 0 Å². The molecule has 1 aliphatic carbocycles. The summed E-state index contributed by atoms with van der Waals surface area (Å²) in [5, 5.41) is 17.9. The SMILES string of the molecule is O=S(=O)=C1C=CC=C(O)C1O. The first-order valence-electron chi connectivity index (χ1n) is 2.84. The van der Waals surface area contributed by atoms with Crippen LogP contribution in [0, 0.1) is 0 Å². The van der Waals surface area contributed by atoms with Crippen molar-refractivity contribution in [3.63, 3.8) is 0 Å². The average molecular weight is 174 g/mol. The van der Waals surface area contributed by atoms with Crippen LogP contribution in [0.1, 0.15) is 0 Å². The van der Waals surface area contributed by atoms with Gasteiger partial charge in [-0.05, 0) is 12.2 Å². The summed E-state index contributed by atoms with van der Waals surface area (Å²) >= 11 is 0. The molecule has 0 aromatic rings. The van der Waals surface area contributed by atoms with Gasteiger partial charge < -0.3 is 10.2 Å². The summed E-state index contributed by atoms with van der Waals surface area (Å²) in [6.45, 7) is 0. The third-order valence-corrected chi connectivity index (χ3v) is 2.01. The first kappa shape index (κ1) is 8.03. The Hall–Kier alpha value is -1.07. The normalized spacial score (nSPS) is 23.2. The molecule has 0 aromatic heterocycles. The van der Waals surface area contributed by atoms with Gasteiger partial charge in [-0.1, -0.05) is 6.08 Å². The minimum atomic E-state index is -2.47. The Labute approximate surface area is 64.6 Å². The van der Waals surface area contributed by atoms with Crippen molar-refractivity contribution in [2.24, 2.45) is 0 Å². The topological polar surface area (TPSA) is 74.6 Å². The Morgan fingerprint density at radius 1 is 1.45 bits per heavy atom. The van der Waals surface area contributed by atoms with E-state index in [1.165, 1.54) is 18.2 Å². The number of aliphatic hydroxyl groups is 2. The van der Waals surface area contributed by atoms with Crippen molar-refractivity contribution < 1.29 is 18.6 Å². The summed E-state index contributed by atoms with van der Waals surface area (Å²) in [5.41, 5.74) is 0. The second-order valence-electron chi connectivity index (χ2n) is 1.99. The molecule has 5 heteroatoms. The first-order valence-corrected chi connectivity index (χ1v) is 3.92. The van der Waals surface area contributed by atoms with Crippen LogP contribution < -0.4 is 0 Å². The molecule has 1 atom stereocenters. The van der Waals surface area contributed by atoms with Crippen LogP contribution in [0.4, 0.5) is 0 Å². The van der Waals surface area contributed by atoms with Gasteiger partial charge in [0, 0.05) is 0 Å². The average Bonchev–Trinajstić information content (AvgIpc) is 1.94. The zero-order valence-corrected chi connectivity index (χ0v) is 6.25. The van der Waals surface area contributed by atoms with Crippen LogP contribution in [0.2, 0.25) is 0 Å². The fraction of sp³-hybridized carbons (Fsp3) is 0.167. The molecule has 4 nitrogen and oxygen atoms in total. The summed E-state index contributed by atoms with van der Waals surface area (Å²) < 4.78 is 20.6. The predicted octanol–water partition coefficient (Wildman–Crippen LogP) is -0.589. The predicted molar refractivity (Wildman–Crippen MR) is 39.8 cm³/mol. The van der Waals surface area contributed by atoms with E-state index in [1.807, 2.05) is 0 Å². The largest absolute Gasteiger partial charge is 0.509 e. The molecule has 0 spiro atoms. The number of hydrogen-bond acceptors (Lipinski definition) is 4. The Bertz CT molecular complexity index is 339. The van der Waals surface area contributed by atoms with E-state index in [0.717, 1.165) is 0 Å². The van der Waals surface area contributed by atoms with Crippen molar-refractivity contribution in [2.45, 2.75) is 6.10 Å². The minimum Gasteiger partial charge on any atom is -0.509 e. The number of allylic oxidation sites excluding steroid dienone is 2. The summed E-state index contributed by atoms with van der Waals surface area (Å²) in [5.74, 6) is -0.355. The number of hydrogen-bond donors (Lipinski definition) is 2. The third kappa shape index (κ3) is 1.50. The zero-order chi connectivity index (χ0) is 8.43. The van der Waals surface area contributed by atoms with Crippen molar-refractivity contribution in [1.29, 1.82) is 0 Å². The monoisotopic (exact) mass is 174 g/mol. The van der Waals surface area contributed by atoms with E-state index < -0.39 is 16.4 Å². The summed E-state index contributed by atoms with van der Waals surface area (Å²) in [6.07, 6.45) is 2.42. The van der Waals surface area contributed by atoms with Crippen molar-refractivity contribution >= 4 is 15.2 Å². The van der Waals surface area contributed by atoms with Crippen LogP contribution in [-0.4, -0.2) is 29.6 Å². The van der Waals surface area contributed by atoms with E-state index >= 15 is 0 Å². The second-order valence-corrected chi connectivity index (χ2v) is 2.93. The Balaban J connectivity index is 3.20. The molecule has 1 aliphatic rings. The van der Waals surface area contributed by atoms with Crippen LogP contribution in [0.5, 0.6) is 0 Å². The molecular weight excluding hydrogens is 168 g/mol. The maximum absolute atomic E-state index is 10.3. The zero-order valence-electron chi connectivity index (χ0n) is 5.43. The van der Waals surface area contributed by atoms with E-state index in [0.29, 0.717) is 0 Å². The minimum absolute atomic E-state index is 0.218. The maximum Gasteiger partial charge on any atom is 0.220 e. The molecular formula is C6H6O4S. The molecule has 1 unspecified atom stereocenters. The molecule has 0 heterocycles. The van der Waals surface area contributed by atoms with Crippen LogP contribution in [0.15, 0.2) is 24.0 Å². The van der Waals surface area contributed by atoms with Crippen LogP contribution in [-0.2, 0) is 10.3 Å². The lowest BCUT2D eigenvalue weighted by Crippen LogP contribution is -2.23. The highest BCUT2D eigenvalue weighted by molar-refractivity contribution is 7.73. The van der Waals surface area contributed by atoms with Gasteiger partial charge in [0.1, 0.15) is 10.6 Å². The quantitative estimate of drug-likeness (QED) is 0.481. The van der Waals surface area contributed by atoms with Crippen molar-refractivity contribution in [2.75, 3.05) is 0 Å². The molecule has 0 aliphatic heterocycles. The van der Waals surface area contributed by atoms with Crippen molar-refractivity contribution in [1.82, 2.24) is 0 Å². The lowest BCUT2D eigenvalue weighted by atomic mass is 10.1. The Kier molecular flexibility index (Phi) is 2.11. The van der Waals surface area contributed by atoms with Crippen LogP contribution >= 0.6 is 0 Å². The molecule has 11 heavy (non-hydrogen) atoms. The molecule has 0 saturated heterocycles. The molecule has 0 amide bonds. The standard InChI is InChI=1S/C6H6O4S/c7-4-2-1-3-5(6(4)8)11(9)10/h1-3,6-8H. The summed E-state index contributed by atoms with van der Waals surface area (Å²) in [4.78, 5) is -0.218. The second kappa shape index (κ2) is 2.89. The Morgan fingerprint density at radius 3 is 2.55 bits per heavy atom. The van der Waals surface area contributed by atoms with Crippen molar-refractivity contribution in [3.05, 3.63) is 24.0 Å². The summed E-state index contributed by atoms with van der Waals surface area (Å²) in [7, 11) is -2.47. The molecule has 2 N–H and O–H groups in total. The molecule has 0 aromatic carbocycles. The molecule has 0 bridgehead atoms. The highest BCUT2D eigenvalue weighted by Crippen LogP contribution is 2.06.